The van der Waals surface area contributed by atoms with Gasteiger partial charge in [-0.2, -0.15) is 0 Å². The van der Waals surface area contributed by atoms with Crippen LogP contribution in [0, 0.1) is 30.1 Å². The predicted octanol–water partition coefficient (Wildman–Crippen LogP) is 6.20. The largest absolute Gasteiger partial charge is 0.356 e. The zero-order chi connectivity index (χ0) is 23.1. The van der Waals surface area contributed by atoms with Crippen molar-refractivity contribution in [2.24, 2.45) is 22.7 Å². The molecule has 172 valence electrons. The summed E-state index contributed by atoms with van der Waals surface area (Å²) in [5.74, 6) is 2.70. The van der Waals surface area contributed by atoms with Crippen LogP contribution in [0.25, 0.3) is 11.0 Å². The average Bonchev–Trinajstić information content (AvgIpc) is 3.45. The first-order valence-corrected chi connectivity index (χ1v) is 12.4. The first-order chi connectivity index (χ1) is 15.9. The number of rotatable bonds is 6. The summed E-state index contributed by atoms with van der Waals surface area (Å²) in [6.07, 6.45) is 5.67. The molecule has 33 heavy (non-hydrogen) atoms. The van der Waals surface area contributed by atoms with Crippen molar-refractivity contribution in [2.75, 3.05) is 13.1 Å². The molecule has 1 aliphatic heterocycles. The monoisotopic (exact) mass is 441 g/mol. The topological polar surface area (TPSA) is 57.3 Å². The molecule has 2 fully saturated rings. The number of hydrogen-bond acceptors (Lipinski definition) is 3. The number of likely N-dealkylation sites (tertiary alicyclic amines) is 1. The normalized spacial score (nSPS) is 21.2. The minimum absolute atomic E-state index is 0.624. The summed E-state index contributed by atoms with van der Waals surface area (Å²) < 4.78 is 2.35. The van der Waals surface area contributed by atoms with E-state index in [1.165, 1.54) is 24.6 Å². The van der Waals surface area contributed by atoms with Crippen LogP contribution >= 0.6 is 0 Å². The number of pyridine rings is 1. The molecule has 0 spiro atoms. The van der Waals surface area contributed by atoms with Crippen molar-refractivity contribution < 1.29 is 0 Å². The average molecular weight is 442 g/mol. The Kier molecular flexibility index (Phi) is 5.81. The Morgan fingerprint density at radius 1 is 1.18 bits per heavy atom. The van der Waals surface area contributed by atoms with E-state index < -0.39 is 0 Å². The van der Waals surface area contributed by atoms with Gasteiger partial charge >= 0.3 is 0 Å². The van der Waals surface area contributed by atoms with Gasteiger partial charge in [-0.3, -0.25) is 10.4 Å². The van der Waals surface area contributed by atoms with Crippen LogP contribution in [0.3, 0.4) is 0 Å². The van der Waals surface area contributed by atoms with Crippen molar-refractivity contribution in [1.82, 2.24) is 14.5 Å². The molecule has 2 aromatic heterocycles. The quantitative estimate of drug-likeness (QED) is 0.366. The van der Waals surface area contributed by atoms with Crippen LogP contribution < -0.4 is 0 Å². The third-order valence-corrected chi connectivity index (χ3v) is 7.54. The van der Waals surface area contributed by atoms with Gasteiger partial charge in [0.2, 0.25) is 0 Å². The fourth-order valence-corrected chi connectivity index (χ4v) is 5.18. The van der Waals surface area contributed by atoms with Gasteiger partial charge in [0, 0.05) is 36.8 Å². The first-order valence-electron chi connectivity index (χ1n) is 12.4. The van der Waals surface area contributed by atoms with Gasteiger partial charge < -0.3 is 9.47 Å². The van der Waals surface area contributed by atoms with Crippen molar-refractivity contribution in [3.05, 3.63) is 59.4 Å². The van der Waals surface area contributed by atoms with Gasteiger partial charge in [-0.25, -0.2) is 4.98 Å². The van der Waals surface area contributed by atoms with E-state index in [9.17, 15) is 0 Å². The highest BCUT2D eigenvalue weighted by Gasteiger charge is 2.30. The second-order valence-electron chi connectivity index (χ2n) is 10.1. The third kappa shape index (κ3) is 4.33. The molecule has 1 N–H and O–H groups in total. The van der Waals surface area contributed by atoms with Gasteiger partial charge in [0.1, 0.15) is 11.5 Å². The molecule has 1 saturated carbocycles. The molecule has 3 aromatic rings. The molecule has 0 amide bonds. The van der Waals surface area contributed by atoms with Crippen LogP contribution in [-0.4, -0.2) is 39.1 Å². The van der Waals surface area contributed by atoms with Crippen molar-refractivity contribution in [1.29, 1.82) is 5.41 Å². The molecule has 2 aliphatic rings. The van der Waals surface area contributed by atoms with E-state index in [4.69, 9.17) is 10.4 Å². The number of nitrogens with zero attached hydrogens (tertiary/aromatic N) is 4. The Hall–Kier alpha value is -2.95. The van der Waals surface area contributed by atoms with E-state index in [1.54, 1.807) is 0 Å². The second kappa shape index (κ2) is 8.77. The molecule has 5 rings (SSSR count). The fourth-order valence-electron chi connectivity index (χ4n) is 5.18. The van der Waals surface area contributed by atoms with E-state index in [1.807, 2.05) is 12.3 Å². The van der Waals surface area contributed by atoms with Gasteiger partial charge in [0.15, 0.2) is 0 Å². The van der Waals surface area contributed by atoms with E-state index in [0.717, 1.165) is 59.4 Å². The maximum absolute atomic E-state index is 8.85. The molecular formula is C28H35N5. The highest BCUT2D eigenvalue weighted by atomic mass is 15.2. The van der Waals surface area contributed by atoms with E-state index in [-0.39, 0.29) is 0 Å². The Bertz CT molecular complexity index is 1220. The van der Waals surface area contributed by atoms with Crippen LogP contribution in [0.4, 0.5) is 5.69 Å². The molecule has 5 heteroatoms. The van der Waals surface area contributed by atoms with Gasteiger partial charge in [0.05, 0.1) is 17.1 Å². The lowest BCUT2D eigenvalue weighted by Gasteiger charge is -2.20. The summed E-state index contributed by atoms with van der Waals surface area (Å²) in [4.78, 5) is 12.0. The lowest BCUT2D eigenvalue weighted by Crippen LogP contribution is -2.29. The number of aliphatic imine (C=N–C) groups is 1. The number of aryl methyl sites for hydroxylation is 1. The van der Waals surface area contributed by atoms with Crippen molar-refractivity contribution in [3.63, 3.8) is 0 Å². The third-order valence-electron chi connectivity index (χ3n) is 7.54. The predicted molar refractivity (Wildman–Crippen MR) is 137 cm³/mol. The van der Waals surface area contributed by atoms with Gasteiger partial charge in [-0.1, -0.05) is 32.4 Å². The number of amidine groups is 1. The summed E-state index contributed by atoms with van der Waals surface area (Å²) in [6, 6.07) is 12.6. The molecule has 1 aliphatic carbocycles. The lowest BCUT2D eigenvalue weighted by atomic mass is 9.96. The van der Waals surface area contributed by atoms with Gasteiger partial charge in [-0.15, -0.1) is 0 Å². The summed E-state index contributed by atoms with van der Waals surface area (Å²) in [5.41, 5.74) is 6.24. The zero-order valence-corrected chi connectivity index (χ0v) is 20.3. The Labute approximate surface area is 197 Å². The van der Waals surface area contributed by atoms with Crippen molar-refractivity contribution in [3.8, 4) is 0 Å². The van der Waals surface area contributed by atoms with Crippen LogP contribution in [0.15, 0.2) is 47.6 Å². The minimum Gasteiger partial charge on any atom is -0.356 e. The number of benzene rings is 1. The Morgan fingerprint density at radius 2 is 2.00 bits per heavy atom. The van der Waals surface area contributed by atoms with E-state index in [2.05, 4.69) is 72.5 Å². The SMILES string of the molecule is CCC1CN(C(=N)c2ccc(C)c(N=C(C)c3cc4cccnc4n3CC3CC3)c2)CC1C. The van der Waals surface area contributed by atoms with E-state index in [0.29, 0.717) is 17.7 Å². The summed E-state index contributed by atoms with van der Waals surface area (Å²) >= 11 is 0. The molecule has 3 heterocycles. The lowest BCUT2D eigenvalue weighted by molar-refractivity contribution is 0.437. The highest BCUT2D eigenvalue weighted by molar-refractivity contribution is 6.03. The van der Waals surface area contributed by atoms with Crippen LogP contribution in [0.2, 0.25) is 0 Å². The van der Waals surface area contributed by atoms with E-state index >= 15 is 0 Å². The minimum atomic E-state index is 0.624. The summed E-state index contributed by atoms with van der Waals surface area (Å²) in [6.45, 7) is 11.7. The zero-order valence-electron chi connectivity index (χ0n) is 20.3. The molecule has 5 nitrogen and oxygen atoms in total. The molecule has 1 saturated heterocycles. The van der Waals surface area contributed by atoms with Crippen LogP contribution in [-0.2, 0) is 6.54 Å². The summed E-state index contributed by atoms with van der Waals surface area (Å²) in [7, 11) is 0. The molecule has 2 atom stereocenters. The van der Waals surface area contributed by atoms with Gasteiger partial charge in [-0.05, 0) is 74.3 Å². The van der Waals surface area contributed by atoms with Gasteiger partial charge in [0.25, 0.3) is 0 Å². The number of nitrogens with one attached hydrogen (secondary N) is 1. The Morgan fingerprint density at radius 3 is 2.73 bits per heavy atom. The van der Waals surface area contributed by atoms with Crippen molar-refractivity contribution in [2.45, 2.75) is 53.5 Å². The van der Waals surface area contributed by atoms with Crippen molar-refractivity contribution >= 4 is 28.3 Å². The molecule has 0 radical (unpaired) electrons. The fraction of sp³-hybridized carbons (Fsp3) is 0.464. The molecule has 0 bridgehead atoms. The van der Waals surface area contributed by atoms with Crippen LogP contribution in [0.1, 0.15) is 56.9 Å². The number of aromatic nitrogens is 2. The smallest absolute Gasteiger partial charge is 0.140 e. The number of hydrogen-bond donors (Lipinski definition) is 1. The maximum atomic E-state index is 8.85. The second-order valence-corrected chi connectivity index (χ2v) is 10.1. The molecule has 2 unspecified atom stereocenters. The Balaban J connectivity index is 1.47. The van der Waals surface area contributed by atoms with Crippen LogP contribution in [0.5, 0.6) is 0 Å². The highest BCUT2D eigenvalue weighted by Crippen LogP contribution is 2.33. The molecule has 1 aromatic carbocycles. The first kappa shape index (κ1) is 21.9. The number of fused-ring (bicyclic) bond motifs is 1. The maximum Gasteiger partial charge on any atom is 0.140 e. The summed E-state index contributed by atoms with van der Waals surface area (Å²) in [5, 5.41) is 10.0. The standard InChI is InChI=1S/C28H35N5/c1-5-22-17-32(15-19(22)3)27(29)23-11-8-18(2)25(13-23)31-20(4)26-14-24-7-6-12-30-28(24)33(26)16-21-9-10-21/h6-8,11-14,19,21-22,29H,5,9-10,15-17H2,1-4H3. The molecular weight excluding hydrogens is 406 g/mol.